The van der Waals surface area contributed by atoms with Crippen LogP contribution in [-0.2, 0) is 0 Å². The highest BCUT2D eigenvalue weighted by Crippen LogP contribution is 2.27. The Morgan fingerprint density at radius 3 is 2.48 bits per heavy atom. The lowest BCUT2D eigenvalue weighted by molar-refractivity contribution is 0.441. The maximum absolute atomic E-state index is 13.9. The molecule has 126 valence electrons. The molecule has 0 atom stereocenters. The van der Waals surface area contributed by atoms with Gasteiger partial charge in [-0.1, -0.05) is 25.7 Å². The summed E-state index contributed by atoms with van der Waals surface area (Å²) in [7, 11) is 0. The molecule has 25 heavy (non-hydrogen) atoms. The SMILES string of the molecule is CC.Nc1ccc(Oc2ccncc2C#Cc2cccnc2)c(F)c1. The van der Waals surface area contributed by atoms with E-state index in [1.54, 1.807) is 43.0 Å². The van der Waals surface area contributed by atoms with Crippen molar-refractivity contribution in [1.82, 2.24) is 9.97 Å². The lowest BCUT2D eigenvalue weighted by Crippen LogP contribution is -1.93. The van der Waals surface area contributed by atoms with Crippen LogP contribution in [0.4, 0.5) is 10.1 Å². The van der Waals surface area contributed by atoms with Crippen molar-refractivity contribution >= 4 is 5.69 Å². The molecular weight excluding hydrogens is 317 g/mol. The van der Waals surface area contributed by atoms with Crippen LogP contribution in [0.15, 0.2) is 61.2 Å². The van der Waals surface area contributed by atoms with Crippen molar-refractivity contribution in [3.8, 4) is 23.3 Å². The Morgan fingerprint density at radius 1 is 0.960 bits per heavy atom. The third-order valence-electron chi connectivity index (χ3n) is 2.96. The number of halogens is 1. The van der Waals surface area contributed by atoms with Crippen LogP contribution in [0, 0.1) is 17.7 Å². The first-order chi connectivity index (χ1) is 12.2. The minimum Gasteiger partial charge on any atom is -0.453 e. The fraction of sp³-hybridized carbons (Fsp3) is 0.100. The van der Waals surface area contributed by atoms with E-state index < -0.39 is 5.82 Å². The molecule has 0 bridgehead atoms. The van der Waals surface area contributed by atoms with Gasteiger partial charge in [0, 0.05) is 48.2 Å². The smallest absolute Gasteiger partial charge is 0.167 e. The van der Waals surface area contributed by atoms with Crippen LogP contribution >= 0.6 is 0 Å². The van der Waals surface area contributed by atoms with Gasteiger partial charge in [-0.2, -0.15) is 0 Å². The molecule has 0 aliphatic carbocycles. The van der Waals surface area contributed by atoms with Gasteiger partial charge < -0.3 is 10.5 Å². The topological polar surface area (TPSA) is 61.0 Å². The molecule has 2 heterocycles. The van der Waals surface area contributed by atoms with Crippen LogP contribution in [-0.4, -0.2) is 9.97 Å². The van der Waals surface area contributed by atoms with Crippen LogP contribution in [0.5, 0.6) is 11.5 Å². The summed E-state index contributed by atoms with van der Waals surface area (Å²) >= 11 is 0. The fourth-order valence-electron chi connectivity index (χ4n) is 1.86. The van der Waals surface area contributed by atoms with Crippen molar-refractivity contribution < 1.29 is 9.13 Å². The third kappa shape index (κ3) is 5.05. The Kier molecular flexibility index (Phi) is 6.49. The van der Waals surface area contributed by atoms with E-state index in [1.807, 2.05) is 19.9 Å². The van der Waals surface area contributed by atoms with E-state index >= 15 is 0 Å². The molecule has 0 fully saturated rings. The first kappa shape index (κ1) is 18.0. The summed E-state index contributed by atoms with van der Waals surface area (Å²) < 4.78 is 19.4. The molecule has 0 unspecified atom stereocenters. The highest BCUT2D eigenvalue weighted by atomic mass is 19.1. The van der Waals surface area contributed by atoms with Gasteiger partial charge in [-0.15, -0.1) is 0 Å². The summed E-state index contributed by atoms with van der Waals surface area (Å²) in [6.07, 6.45) is 6.45. The zero-order valence-corrected chi connectivity index (χ0v) is 14.0. The molecule has 0 saturated heterocycles. The second kappa shape index (κ2) is 9.04. The number of pyridine rings is 2. The first-order valence-corrected chi connectivity index (χ1v) is 7.81. The molecule has 0 spiro atoms. The molecule has 0 saturated carbocycles. The molecule has 0 aliphatic rings. The zero-order valence-electron chi connectivity index (χ0n) is 14.0. The van der Waals surface area contributed by atoms with Crippen molar-refractivity contribution in [3.63, 3.8) is 0 Å². The van der Waals surface area contributed by atoms with Crippen molar-refractivity contribution in [3.05, 3.63) is 78.1 Å². The predicted molar refractivity (Wildman–Crippen MR) is 96.7 cm³/mol. The number of nitrogen functional groups attached to an aromatic ring is 1. The molecule has 2 aromatic heterocycles. The number of ether oxygens (including phenoxy) is 1. The highest BCUT2D eigenvalue weighted by Gasteiger charge is 2.08. The fourth-order valence-corrected chi connectivity index (χ4v) is 1.86. The summed E-state index contributed by atoms with van der Waals surface area (Å²) in [5, 5.41) is 0. The van der Waals surface area contributed by atoms with Gasteiger partial charge in [-0.25, -0.2) is 4.39 Å². The summed E-state index contributed by atoms with van der Waals surface area (Å²) in [6.45, 7) is 4.00. The maximum Gasteiger partial charge on any atom is 0.167 e. The van der Waals surface area contributed by atoms with Crippen LogP contribution in [0.1, 0.15) is 25.0 Å². The number of benzene rings is 1. The average molecular weight is 335 g/mol. The largest absolute Gasteiger partial charge is 0.453 e. The molecular formula is C20H18FN3O. The Balaban J connectivity index is 0.00000109. The minimum atomic E-state index is -0.534. The molecule has 3 rings (SSSR count). The van der Waals surface area contributed by atoms with Crippen molar-refractivity contribution in [2.75, 3.05) is 5.73 Å². The monoisotopic (exact) mass is 335 g/mol. The quantitative estimate of drug-likeness (QED) is 0.556. The van der Waals surface area contributed by atoms with Crippen molar-refractivity contribution in [2.24, 2.45) is 0 Å². The first-order valence-electron chi connectivity index (χ1n) is 7.81. The second-order valence-corrected chi connectivity index (χ2v) is 4.66. The van der Waals surface area contributed by atoms with Crippen LogP contribution in [0.3, 0.4) is 0 Å². The molecule has 0 aliphatic heterocycles. The van der Waals surface area contributed by atoms with E-state index in [2.05, 4.69) is 21.8 Å². The van der Waals surface area contributed by atoms with Gasteiger partial charge in [-0.3, -0.25) is 9.97 Å². The van der Waals surface area contributed by atoms with Gasteiger partial charge in [0.05, 0.1) is 5.56 Å². The predicted octanol–water partition coefficient (Wildman–Crippen LogP) is 4.42. The van der Waals surface area contributed by atoms with E-state index in [4.69, 9.17) is 10.5 Å². The molecule has 0 amide bonds. The van der Waals surface area contributed by atoms with Crippen LogP contribution in [0.2, 0.25) is 0 Å². The Hall–Kier alpha value is -3.39. The van der Waals surface area contributed by atoms with E-state index in [9.17, 15) is 4.39 Å². The molecule has 4 nitrogen and oxygen atoms in total. The van der Waals surface area contributed by atoms with Crippen molar-refractivity contribution in [1.29, 1.82) is 0 Å². The normalized spacial score (nSPS) is 9.24. The number of rotatable bonds is 2. The van der Waals surface area contributed by atoms with Crippen molar-refractivity contribution in [2.45, 2.75) is 13.8 Å². The lowest BCUT2D eigenvalue weighted by Gasteiger charge is -2.08. The molecule has 0 radical (unpaired) electrons. The maximum atomic E-state index is 13.9. The van der Waals surface area contributed by atoms with Gasteiger partial charge in [0.15, 0.2) is 11.6 Å². The number of hydrogen-bond donors (Lipinski definition) is 1. The second-order valence-electron chi connectivity index (χ2n) is 4.66. The van der Waals surface area contributed by atoms with Gasteiger partial charge in [0.2, 0.25) is 0 Å². The van der Waals surface area contributed by atoms with E-state index in [1.165, 1.54) is 12.1 Å². The van der Waals surface area contributed by atoms with Crippen LogP contribution in [0.25, 0.3) is 0 Å². The van der Waals surface area contributed by atoms with Crippen LogP contribution < -0.4 is 10.5 Å². The van der Waals surface area contributed by atoms with Gasteiger partial charge in [-0.05, 0) is 24.3 Å². The Morgan fingerprint density at radius 2 is 1.76 bits per heavy atom. The lowest BCUT2D eigenvalue weighted by atomic mass is 10.2. The summed E-state index contributed by atoms with van der Waals surface area (Å²) in [6, 6.07) is 9.52. The molecule has 5 heteroatoms. The summed E-state index contributed by atoms with van der Waals surface area (Å²) in [5.41, 5.74) is 7.18. The zero-order chi connectivity index (χ0) is 18.1. The number of hydrogen-bond acceptors (Lipinski definition) is 4. The molecule has 2 N–H and O–H groups in total. The number of anilines is 1. The van der Waals surface area contributed by atoms with Gasteiger partial charge in [0.1, 0.15) is 5.75 Å². The van der Waals surface area contributed by atoms with Gasteiger partial charge >= 0.3 is 0 Å². The highest BCUT2D eigenvalue weighted by molar-refractivity contribution is 5.50. The Labute approximate surface area is 146 Å². The average Bonchev–Trinajstić information content (AvgIpc) is 2.66. The molecule has 1 aromatic carbocycles. The summed E-state index contributed by atoms with van der Waals surface area (Å²) in [4.78, 5) is 8.02. The number of nitrogens with zero attached hydrogens (tertiary/aromatic N) is 2. The van der Waals surface area contributed by atoms with Gasteiger partial charge in [0.25, 0.3) is 0 Å². The van der Waals surface area contributed by atoms with E-state index in [0.717, 1.165) is 5.56 Å². The molecule has 3 aromatic rings. The third-order valence-corrected chi connectivity index (χ3v) is 2.96. The van der Waals surface area contributed by atoms with E-state index in [0.29, 0.717) is 17.0 Å². The standard InChI is InChI=1S/C18H12FN3O.C2H6/c19-16-10-15(20)5-6-18(16)23-17-7-9-22-12-14(17)4-3-13-2-1-8-21-11-13;1-2/h1-2,5-12H,20H2;1-2H3. The number of nitrogens with two attached hydrogens (primary N) is 1. The summed E-state index contributed by atoms with van der Waals surface area (Å²) in [5.74, 6) is 5.88. The minimum absolute atomic E-state index is 0.0785. The number of aromatic nitrogens is 2. The van der Waals surface area contributed by atoms with E-state index in [-0.39, 0.29) is 5.75 Å². The Bertz CT molecular complexity index is 886.